The number of nitrogens with one attached hydrogen (secondary N) is 1. The molecule has 1 heterocycles. The molecule has 0 saturated heterocycles. The van der Waals surface area contributed by atoms with Crippen molar-refractivity contribution in [3.8, 4) is 0 Å². The number of carbonyl (C=O) groups excluding carboxylic acids is 1. The van der Waals surface area contributed by atoms with Gasteiger partial charge in [-0.1, -0.05) is 0 Å². The zero-order chi connectivity index (χ0) is 10.7. The predicted molar refractivity (Wildman–Crippen MR) is 56.2 cm³/mol. The van der Waals surface area contributed by atoms with Gasteiger partial charge < -0.3 is 15.5 Å². The Bertz CT molecular complexity index is 346. The summed E-state index contributed by atoms with van der Waals surface area (Å²) in [5.74, 6) is 0.823. The van der Waals surface area contributed by atoms with Gasteiger partial charge in [0.1, 0.15) is 5.76 Å². The van der Waals surface area contributed by atoms with Gasteiger partial charge >= 0.3 is 0 Å². The van der Waals surface area contributed by atoms with Crippen LogP contribution in [-0.2, 0) is 11.2 Å². The van der Waals surface area contributed by atoms with Crippen LogP contribution in [0.25, 0.3) is 0 Å². The lowest BCUT2D eigenvalue weighted by molar-refractivity contribution is -0.117. The van der Waals surface area contributed by atoms with Crippen LogP contribution in [0, 0.1) is 0 Å². The van der Waals surface area contributed by atoms with Crippen LogP contribution in [0.15, 0.2) is 16.7 Å². The van der Waals surface area contributed by atoms with Gasteiger partial charge in [0, 0.05) is 31.0 Å². The Morgan fingerprint density at radius 1 is 1.67 bits per heavy atom. The summed E-state index contributed by atoms with van der Waals surface area (Å²) in [6, 6.07) is 2.34. The first-order valence-electron chi connectivity index (χ1n) is 5.35. The highest BCUT2D eigenvalue weighted by Crippen LogP contribution is 2.30. The van der Waals surface area contributed by atoms with Crippen LogP contribution in [0.3, 0.4) is 0 Å². The van der Waals surface area contributed by atoms with E-state index in [9.17, 15) is 4.79 Å². The van der Waals surface area contributed by atoms with Crippen molar-refractivity contribution in [3.05, 3.63) is 23.7 Å². The molecule has 1 aliphatic rings. The quantitative estimate of drug-likeness (QED) is 0.779. The van der Waals surface area contributed by atoms with Crippen LogP contribution in [-0.4, -0.2) is 12.5 Å². The molecule has 1 amide bonds. The molecule has 1 unspecified atom stereocenters. The highest BCUT2D eigenvalue weighted by Gasteiger charge is 2.21. The van der Waals surface area contributed by atoms with Crippen molar-refractivity contribution in [3.63, 3.8) is 0 Å². The van der Waals surface area contributed by atoms with Crippen molar-refractivity contribution in [1.29, 1.82) is 0 Å². The number of aryl methyl sites for hydroxylation is 1. The van der Waals surface area contributed by atoms with Crippen molar-refractivity contribution >= 4 is 5.91 Å². The van der Waals surface area contributed by atoms with Gasteiger partial charge in [-0.25, -0.2) is 0 Å². The zero-order valence-corrected chi connectivity index (χ0v) is 8.66. The number of nitrogens with two attached hydrogens (primary N) is 1. The highest BCUT2D eigenvalue weighted by atomic mass is 16.3. The fourth-order valence-electron chi connectivity index (χ4n) is 2.07. The summed E-state index contributed by atoms with van der Waals surface area (Å²) in [7, 11) is 0. The Kier molecular flexibility index (Phi) is 3.06. The van der Waals surface area contributed by atoms with Crippen LogP contribution in [0.4, 0.5) is 0 Å². The number of fused-ring (bicyclic) bond motifs is 1. The second kappa shape index (κ2) is 4.49. The Balaban J connectivity index is 1.92. The van der Waals surface area contributed by atoms with Crippen LogP contribution in [0.1, 0.15) is 36.6 Å². The monoisotopic (exact) mass is 208 g/mol. The second-order valence-electron chi connectivity index (χ2n) is 3.91. The van der Waals surface area contributed by atoms with Gasteiger partial charge in [0.05, 0.1) is 6.26 Å². The standard InChI is InChI=1S/C11H16N2O2/c12-11(14)4-6-13-9-2-1-3-10-8(9)5-7-15-10/h5,7,9,13H,1-4,6H2,(H2,12,14). The molecule has 0 saturated carbocycles. The lowest BCUT2D eigenvalue weighted by Gasteiger charge is -2.22. The molecule has 2 rings (SSSR count). The van der Waals surface area contributed by atoms with E-state index < -0.39 is 0 Å². The van der Waals surface area contributed by atoms with Gasteiger partial charge in [0.15, 0.2) is 0 Å². The van der Waals surface area contributed by atoms with E-state index in [1.807, 2.05) is 6.07 Å². The predicted octanol–water partition coefficient (Wildman–Crippen LogP) is 1.12. The summed E-state index contributed by atoms with van der Waals surface area (Å²) in [5, 5.41) is 3.33. The Labute approximate surface area is 88.8 Å². The topological polar surface area (TPSA) is 68.3 Å². The van der Waals surface area contributed by atoms with Crippen LogP contribution >= 0.6 is 0 Å². The van der Waals surface area contributed by atoms with E-state index in [4.69, 9.17) is 10.2 Å². The third-order valence-corrected chi connectivity index (χ3v) is 2.81. The van der Waals surface area contributed by atoms with Crippen LogP contribution < -0.4 is 11.1 Å². The fraction of sp³-hybridized carbons (Fsp3) is 0.545. The first kappa shape index (κ1) is 10.2. The molecule has 4 nitrogen and oxygen atoms in total. The summed E-state index contributed by atoms with van der Waals surface area (Å²) in [5.41, 5.74) is 6.33. The average Bonchev–Trinajstić information content (AvgIpc) is 2.65. The summed E-state index contributed by atoms with van der Waals surface area (Å²) in [6.45, 7) is 0.643. The molecule has 15 heavy (non-hydrogen) atoms. The number of furan rings is 1. The summed E-state index contributed by atoms with van der Waals surface area (Å²) < 4.78 is 5.38. The summed E-state index contributed by atoms with van der Waals surface area (Å²) in [6.07, 6.45) is 5.39. The lowest BCUT2D eigenvalue weighted by Crippen LogP contribution is -2.28. The van der Waals surface area contributed by atoms with E-state index in [0.29, 0.717) is 19.0 Å². The van der Waals surface area contributed by atoms with Gasteiger partial charge in [0.25, 0.3) is 0 Å². The zero-order valence-electron chi connectivity index (χ0n) is 8.66. The summed E-state index contributed by atoms with van der Waals surface area (Å²) >= 11 is 0. The lowest BCUT2D eigenvalue weighted by atomic mass is 9.93. The molecule has 0 fully saturated rings. The smallest absolute Gasteiger partial charge is 0.218 e. The van der Waals surface area contributed by atoms with Gasteiger partial charge in [-0.15, -0.1) is 0 Å². The van der Waals surface area contributed by atoms with E-state index in [2.05, 4.69) is 5.32 Å². The van der Waals surface area contributed by atoms with Gasteiger partial charge in [-0.3, -0.25) is 4.79 Å². The van der Waals surface area contributed by atoms with E-state index >= 15 is 0 Å². The molecule has 0 spiro atoms. The van der Waals surface area contributed by atoms with Gasteiger partial charge in [-0.05, 0) is 18.9 Å². The van der Waals surface area contributed by atoms with E-state index in [1.165, 1.54) is 5.56 Å². The molecule has 1 aliphatic carbocycles. The molecule has 1 aromatic heterocycles. The first-order valence-corrected chi connectivity index (χ1v) is 5.35. The fourth-order valence-corrected chi connectivity index (χ4v) is 2.07. The van der Waals surface area contributed by atoms with Crippen molar-refractivity contribution < 1.29 is 9.21 Å². The third kappa shape index (κ3) is 2.39. The molecule has 1 atom stereocenters. The average molecular weight is 208 g/mol. The number of carbonyl (C=O) groups is 1. The van der Waals surface area contributed by atoms with E-state index in [1.54, 1.807) is 6.26 Å². The number of primary amides is 1. The Morgan fingerprint density at radius 3 is 3.33 bits per heavy atom. The maximum atomic E-state index is 10.6. The number of hydrogen-bond donors (Lipinski definition) is 2. The minimum atomic E-state index is -0.259. The number of amides is 1. The van der Waals surface area contributed by atoms with Crippen molar-refractivity contribution in [2.24, 2.45) is 5.73 Å². The van der Waals surface area contributed by atoms with E-state index in [0.717, 1.165) is 25.0 Å². The van der Waals surface area contributed by atoms with E-state index in [-0.39, 0.29) is 5.91 Å². The minimum Gasteiger partial charge on any atom is -0.469 e. The molecule has 0 bridgehead atoms. The molecular weight excluding hydrogens is 192 g/mol. The second-order valence-corrected chi connectivity index (χ2v) is 3.91. The Hall–Kier alpha value is -1.29. The Morgan fingerprint density at radius 2 is 2.53 bits per heavy atom. The third-order valence-electron chi connectivity index (χ3n) is 2.81. The highest BCUT2D eigenvalue weighted by molar-refractivity contribution is 5.73. The normalized spacial score (nSPS) is 19.9. The maximum Gasteiger partial charge on any atom is 0.218 e. The number of rotatable bonds is 4. The molecule has 0 radical (unpaired) electrons. The maximum absolute atomic E-state index is 10.6. The van der Waals surface area contributed by atoms with Crippen molar-refractivity contribution in [2.45, 2.75) is 31.7 Å². The number of hydrogen-bond acceptors (Lipinski definition) is 3. The van der Waals surface area contributed by atoms with Gasteiger partial charge in [0.2, 0.25) is 5.91 Å². The molecule has 3 N–H and O–H groups in total. The SMILES string of the molecule is NC(=O)CCNC1CCCc2occc21. The molecule has 0 aromatic carbocycles. The first-order chi connectivity index (χ1) is 7.27. The largest absolute Gasteiger partial charge is 0.469 e. The van der Waals surface area contributed by atoms with Crippen molar-refractivity contribution in [1.82, 2.24) is 5.32 Å². The molecular formula is C11H16N2O2. The molecule has 1 aromatic rings. The van der Waals surface area contributed by atoms with Crippen LogP contribution in [0.2, 0.25) is 0 Å². The molecule has 82 valence electrons. The van der Waals surface area contributed by atoms with Crippen molar-refractivity contribution in [2.75, 3.05) is 6.54 Å². The molecule has 4 heteroatoms. The van der Waals surface area contributed by atoms with Gasteiger partial charge in [-0.2, -0.15) is 0 Å². The minimum absolute atomic E-state index is 0.259. The summed E-state index contributed by atoms with van der Waals surface area (Å²) in [4.78, 5) is 10.6. The molecule has 0 aliphatic heterocycles. The van der Waals surface area contributed by atoms with Crippen LogP contribution in [0.5, 0.6) is 0 Å².